The minimum absolute atomic E-state index is 0. The monoisotopic (exact) mass is 506 g/mol. The SMILES string of the molecule is CN=C(NCC(=O)NCc1ccccc1)N1CCC(c2ccccc2)C(C)C1.I. The fourth-order valence-electron chi connectivity index (χ4n) is 3.88. The fourth-order valence-corrected chi connectivity index (χ4v) is 3.88. The molecule has 0 aromatic heterocycles. The zero-order valence-electron chi connectivity index (χ0n) is 17.2. The number of hydrogen-bond acceptors (Lipinski definition) is 2. The van der Waals surface area contributed by atoms with Crippen molar-refractivity contribution in [2.75, 3.05) is 26.7 Å². The number of piperidine rings is 1. The van der Waals surface area contributed by atoms with Crippen molar-refractivity contribution >= 4 is 35.8 Å². The minimum Gasteiger partial charge on any atom is -0.350 e. The Morgan fingerprint density at radius 1 is 1.07 bits per heavy atom. The first-order valence-electron chi connectivity index (χ1n) is 9.98. The van der Waals surface area contributed by atoms with Gasteiger partial charge in [-0.3, -0.25) is 9.79 Å². The van der Waals surface area contributed by atoms with Crippen LogP contribution in [-0.2, 0) is 11.3 Å². The van der Waals surface area contributed by atoms with E-state index in [1.54, 1.807) is 7.05 Å². The summed E-state index contributed by atoms with van der Waals surface area (Å²) in [5.74, 6) is 1.87. The molecule has 0 bridgehead atoms. The summed E-state index contributed by atoms with van der Waals surface area (Å²) in [6, 6.07) is 20.7. The van der Waals surface area contributed by atoms with Gasteiger partial charge in [0.05, 0.1) is 6.54 Å². The number of nitrogens with one attached hydrogen (secondary N) is 2. The lowest BCUT2D eigenvalue weighted by atomic mass is 9.82. The minimum atomic E-state index is -0.0303. The van der Waals surface area contributed by atoms with Crippen LogP contribution in [0.1, 0.15) is 30.4 Å². The van der Waals surface area contributed by atoms with E-state index in [0.29, 0.717) is 18.4 Å². The van der Waals surface area contributed by atoms with Crippen LogP contribution in [0.15, 0.2) is 65.7 Å². The van der Waals surface area contributed by atoms with Crippen molar-refractivity contribution in [1.82, 2.24) is 15.5 Å². The van der Waals surface area contributed by atoms with Gasteiger partial charge in [-0.05, 0) is 29.4 Å². The second-order valence-corrected chi connectivity index (χ2v) is 7.39. The van der Waals surface area contributed by atoms with E-state index < -0.39 is 0 Å². The van der Waals surface area contributed by atoms with Crippen LogP contribution in [-0.4, -0.2) is 43.4 Å². The van der Waals surface area contributed by atoms with Gasteiger partial charge in [-0.25, -0.2) is 0 Å². The molecule has 2 aromatic rings. The van der Waals surface area contributed by atoms with Gasteiger partial charge in [-0.2, -0.15) is 0 Å². The van der Waals surface area contributed by atoms with Gasteiger partial charge in [0.2, 0.25) is 5.91 Å². The van der Waals surface area contributed by atoms with Crippen LogP contribution in [0, 0.1) is 5.92 Å². The maximum absolute atomic E-state index is 12.2. The maximum atomic E-state index is 12.2. The van der Waals surface area contributed by atoms with Crippen LogP contribution >= 0.6 is 24.0 Å². The van der Waals surface area contributed by atoms with E-state index in [9.17, 15) is 4.79 Å². The van der Waals surface area contributed by atoms with E-state index in [1.165, 1.54) is 5.56 Å². The van der Waals surface area contributed by atoms with Gasteiger partial charge in [0.1, 0.15) is 0 Å². The largest absolute Gasteiger partial charge is 0.350 e. The molecule has 2 aromatic carbocycles. The highest BCUT2D eigenvalue weighted by Crippen LogP contribution is 2.32. The molecule has 1 saturated heterocycles. The average Bonchev–Trinajstić information content (AvgIpc) is 2.74. The van der Waals surface area contributed by atoms with E-state index in [0.717, 1.165) is 31.0 Å². The molecule has 5 nitrogen and oxygen atoms in total. The van der Waals surface area contributed by atoms with Gasteiger partial charge in [0.25, 0.3) is 0 Å². The summed E-state index contributed by atoms with van der Waals surface area (Å²) < 4.78 is 0. The van der Waals surface area contributed by atoms with Crippen LogP contribution in [0.3, 0.4) is 0 Å². The van der Waals surface area contributed by atoms with Gasteiger partial charge in [0, 0.05) is 26.7 Å². The molecule has 0 spiro atoms. The summed E-state index contributed by atoms with van der Waals surface area (Å²) in [7, 11) is 1.78. The van der Waals surface area contributed by atoms with Crippen LogP contribution in [0.5, 0.6) is 0 Å². The predicted octanol–water partition coefficient (Wildman–Crippen LogP) is 3.62. The molecule has 6 heteroatoms. The molecule has 1 fully saturated rings. The van der Waals surface area contributed by atoms with E-state index in [1.807, 2.05) is 30.3 Å². The number of aliphatic imine (C=N–C) groups is 1. The predicted molar refractivity (Wildman–Crippen MR) is 130 cm³/mol. The normalized spacial score (nSPS) is 19.2. The Bertz CT molecular complexity index is 782. The zero-order chi connectivity index (χ0) is 19.8. The van der Waals surface area contributed by atoms with Gasteiger partial charge in [0.15, 0.2) is 5.96 Å². The number of amides is 1. The van der Waals surface area contributed by atoms with Crippen LogP contribution in [0.25, 0.3) is 0 Å². The molecule has 2 unspecified atom stereocenters. The third-order valence-corrected chi connectivity index (χ3v) is 5.38. The molecular formula is C23H31IN4O. The Balaban J connectivity index is 0.00000300. The smallest absolute Gasteiger partial charge is 0.239 e. The summed E-state index contributed by atoms with van der Waals surface area (Å²) in [6.45, 7) is 4.94. The second-order valence-electron chi connectivity index (χ2n) is 7.39. The standard InChI is InChI=1S/C23H30N4O.HI/c1-18-17-27(14-13-21(18)20-11-7-4-8-12-20)23(24-2)26-16-22(28)25-15-19-9-5-3-6-10-19;/h3-12,18,21H,13-17H2,1-2H3,(H,24,26)(H,25,28);1H. The highest BCUT2D eigenvalue weighted by Gasteiger charge is 2.28. The number of halogens is 1. The summed E-state index contributed by atoms with van der Waals surface area (Å²) in [5.41, 5.74) is 2.51. The zero-order valence-corrected chi connectivity index (χ0v) is 19.5. The van der Waals surface area contributed by atoms with Crippen LogP contribution in [0.4, 0.5) is 0 Å². The van der Waals surface area contributed by atoms with Gasteiger partial charge < -0.3 is 15.5 Å². The molecule has 1 amide bonds. The van der Waals surface area contributed by atoms with E-state index >= 15 is 0 Å². The first-order valence-corrected chi connectivity index (χ1v) is 9.98. The number of nitrogens with zero attached hydrogens (tertiary/aromatic N) is 2. The molecule has 3 rings (SSSR count). The van der Waals surface area contributed by atoms with E-state index in [2.05, 4.69) is 57.8 Å². The van der Waals surface area contributed by atoms with Gasteiger partial charge in [-0.1, -0.05) is 67.6 Å². The molecule has 1 aliphatic heterocycles. The number of carbonyl (C=O) groups is 1. The van der Waals surface area contributed by atoms with Crippen LogP contribution in [0.2, 0.25) is 0 Å². The summed E-state index contributed by atoms with van der Waals surface area (Å²) >= 11 is 0. The van der Waals surface area contributed by atoms with E-state index in [-0.39, 0.29) is 36.4 Å². The number of rotatable bonds is 5. The van der Waals surface area contributed by atoms with Gasteiger partial charge in [-0.15, -0.1) is 24.0 Å². The Kier molecular flexibility index (Phi) is 9.44. The van der Waals surface area contributed by atoms with Crippen molar-refractivity contribution in [3.05, 3.63) is 71.8 Å². The van der Waals surface area contributed by atoms with Crippen molar-refractivity contribution in [2.24, 2.45) is 10.9 Å². The second kappa shape index (κ2) is 11.8. The topological polar surface area (TPSA) is 56.7 Å². The lowest BCUT2D eigenvalue weighted by Gasteiger charge is -2.38. The molecule has 2 N–H and O–H groups in total. The third kappa shape index (κ3) is 6.73. The fraction of sp³-hybridized carbons (Fsp3) is 0.391. The Morgan fingerprint density at radius 2 is 1.72 bits per heavy atom. The lowest BCUT2D eigenvalue weighted by molar-refractivity contribution is -0.120. The Morgan fingerprint density at radius 3 is 2.34 bits per heavy atom. The molecule has 0 saturated carbocycles. The molecule has 2 atom stereocenters. The summed E-state index contributed by atoms with van der Waals surface area (Å²) in [4.78, 5) is 18.8. The number of benzene rings is 2. The molecule has 1 aliphatic rings. The Labute approximate surface area is 191 Å². The molecule has 0 aliphatic carbocycles. The lowest BCUT2D eigenvalue weighted by Crippen LogP contribution is -2.50. The Hall–Kier alpha value is -2.09. The number of guanidine groups is 1. The average molecular weight is 506 g/mol. The molecular weight excluding hydrogens is 475 g/mol. The molecule has 1 heterocycles. The van der Waals surface area contributed by atoms with Crippen molar-refractivity contribution in [3.63, 3.8) is 0 Å². The molecule has 0 radical (unpaired) electrons. The number of hydrogen-bond donors (Lipinski definition) is 2. The van der Waals surface area contributed by atoms with Gasteiger partial charge >= 0.3 is 0 Å². The third-order valence-electron chi connectivity index (χ3n) is 5.38. The maximum Gasteiger partial charge on any atom is 0.239 e. The summed E-state index contributed by atoms with van der Waals surface area (Å²) in [5, 5.41) is 6.16. The summed E-state index contributed by atoms with van der Waals surface area (Å²) in [6.07, 6.45) is 1.09. The van der Waals surface area contributed by atoms with Crippen LogP contribution < -0.4 is 10.6 Å². The highest BCUT2D eigenvalue weighted by atomic mass is 127. The van der Waals surface area contributed by atoms with Crippen molar-refractivity contribution < 1.29 is 4.79 Å². The number of likely N-dealkylation sites (tertiary alicyclic amines) is 1. The quantitative estimate of drug-likeness (QED) is 0.370. The van der Waals surface area contributed by atoms with E-state index in [4.69, 9.17) is 0 Å². The first kappa shape index (κ1) is 23.2. The van der Waals surface area contributed by atoms with Crippen molar-refractivity contribution in [3.8, 4) is 0 Å². The van der Waals surface area contributed by atoms with Crippen molar-refractivity contribution in [2.45, 2.75) is 25.8 Å². The van der Waals surface area contributed by atoms with Crippen molar-refractivity contribution in [1.29, 1.82) is 0 Å². The highest BCUT2D eigenvalue weighted by molar-refractivity contribution is 14.0. The molecule has 156 valence electrons. The number of carbonyl (C=O) groups excluding carboxylic acids is 1. The molecule has 29 heavy (non-hydrogen) atoms. The first-order chi connectivity index (χ1) is 13.7.